The number of hydrogen-bond donors (Lipinski definition) is 2. The Morgan fingerprint density at radius 3 is 2.60 bits per heavy atom. The minimum atomic E-state index is -1.82. The number of allylic oxidation sites excluding steroid dienone is 3. The molecule has 1 rings (SSSR count). The van der Waals surface area contributed by atoms with E-state index in [1.807, 2.05) is 12.2 Å². The molecule has 1 aliphatic rings. The van der Waals surface area contributed by atoms with Crippen LogP contribution < -0.4 is 5.73 Å². The van der Waals surface area contributed by atoms with E-state index in [-0.39, 0.29) is 17.6 Å². The summed E-state index contributed by atoms with van der Waals surface area (Å²) < 4.78 is 6.05. The molecule has 0 spiro atoms. The monoisotopic (exact) mass is 366 g/mol. The van der Waals surface area contributed by atoms with Crippen LogP contribution in [0.25, 0.3) is 0 Å². The summed E-state index contributed by atoms with van der Waals surface area (Å²) in [6.45, 7) is 11.6. The molecule has 0 heterocycles. The Morgan fingerprint density at radius 2 is 2.12 bits per heavy atom. The maximum Gasteiger partial charge on any atom is 0.212 e. The van der Waals surface area contributed by atoms with Crippen LogP contribution in [0.1, 0.15) is 33.6 Å². The maximum absolute atomic E-state index is 11.5. The second kappa shape index (κ2) is 9.47. The summed E-state index contributed by atoms with van der Waals surface area (Å²) in [5, 5.41) is 10.5. The fraction of sp³-hybridized carbons (Fsp3) is 0.632. The van der Waals surface area contributed by atoms with Gasteiger partial charge in [-0.2, -0.15) is 0 Å². The standard InChI is InChI=1S/C19H34N2O3Si/c1-19(2,3)25(4,5)24-13-9-12-18(23)21(15-22)17(14-20)16-10-7-6-8-11-16/h6-7,9-10,12,15,17-18,23H,8,11,13-14,20H2,1-5H3/b12-9+. The molecular weight excluding hydrogens is 332 g/mol. The number of hydrogen-bond acceptors (Lipinski definition) is 4. The van der Waals surface area contributed by atoms with Crippen molar-refractivity contribution in [1.82, 2.24) is 4.90 Å². The molecule has 0 saturated carbocycles. The fourth-order valence-electron chi connectivity index (χ4n) is 2.43. The Kier molecular flexibility index (Phi) is 8.27. The van der Waals surface area contributed by atoms with E-state index in [0.717, 1.165) is 18.4 Å². The van der Waals surface area contributed by atoms with Gasteiger partial charge in [0, 0.05) is 6.54 Å². The second-order valence-electron chi connectivity index (χ2n) is 7.93. The molecule has 1 aliphatic carbocycles. The van der Waals surface area contributed by atoms with E-state index in [4.69, 9.17) is 10.2 Å². The molecule has 0 aromatic heterocycles. The van der Waals surface area contributed by atoms with Crippen molar-refractivity contribution >= 4 is 14.7 Å². The van der Waals surface area contributed by atoms with Crippen LogP contribution >= 0.6 is 0 Å². The van der Waals surface area contributed by atoms with Gasteiger partial charge in [0.05, 0.1) is 12.6 Å². The smallest absolute Gasteiger partial charge is 0.212 e. The molecule has 2 atom stereocenters. The molecule has 3 N–H and O–H groups in total. The number of aliphatic hydroxyl groups is 1. The van der Waals surface area contributed by atoms with E-state index in [0.29, 0.717) is 13.0 Å². The maximum atomic E-state index is 11.5. The number of aliphatic hydroxyl groups excluding tert-OH is 1. The summed E-state index contributed by atoms with van der Waals surface area (Å²) in [6, 6.07) is -0.289. The first kappa shape index (κ1) is 21.8. The van der Waals surface area contributed by atoms with Crippen molar-refractivity contribution in [3.63, 3.8) is 0 Å². The van der Waals surface area contributed by atoms with Gasteiger partial charge >= 0.3 is 0 Å². The van der Waals surface area contributed by atoms with E-state index in [2.05, 4.69) is 39.9 Å². The molecule has 0 radical (unpaired) electrons. The zero-order valence-electron chi connectivity index (χ0n) is 16.2. The van der Waals surface area contributed by atoms with Gasteiger partial charge in [0.25, 0.3) is 0 Å². The van der Waals surface area contributed by atoms with E-state index in [1.54, 1.807) is 12.2 Å². The molecule has 2 unspecified atom stereocenters. The summed E-state index contributed by atoms with van der Waals surface area (Å²) in [5.41, 5.74) is 6.93. The van der Waals surface area contributed by atoms with Gasteiger partial charge in [0.1, 0.15) is 6.23 Å². The largest absolute Gasteiger partial charge is 0.413 e. The van der Waals surface area contributed by atoms with Gasteiger partial charge in [-0.1, -0.05) is 45.1 Å². The molecule has 5 nitrogen and oxygen atoms in total. The molecule has 6 heteroatoms. The van der Waals surface area contributed by atoms with E-state index < -0.39 is 14.5 Å². The van der Waals surface area contributed by atoms with Crippen molar-refractivity contribution in [2.45, 2.75) is 64.0 Å². The number of rotatable bonds is 9. The molecule has 0 fully saturated rings. The van der Waals surface area contributed by atoms with Gasteiger partial charge < -0.3 is 20.2 Å². The lowest BCUT2D eigenvalue weighted by molar-refractivity contribution is -0.127. The van der Waals surface area contributed by atoms with Crippen molar-refractivity contribution < 1.29 is 14.3 Å². The first-order chi connectivity index (χ1) is 11.6. The Morgan fingerprint density at radius 1 is 1.44 bits per heavy atom. The van der Waals surface area contributed by atoms with Crippen molar-refractivity contribution in [3.8, 4) is 0 Å². The van der Waals surface area contributed by atoms with Crippen LogP contribution in [0.3, 0.4) is 0 Å². The molecule has 0 aromatic carbocycles. The zero-order valence-corrected chi connectivity index (χ0v) is 17.2. The molecule has 0 saturated heterocycles. The lowest BCUT2D eigenvalue weighted by Crippen LogP contribution is -2.46. The Labute approximate surface area is 153 Å². The number of carbonyl (C=O) groups is 1. The number of carbonyl (C=O) groups excluding carboxylic acids is 1. The highest BCUT2D eigenvalue weighted by Crippen LogP contribution is 2.36. The third kappa shape index (κ3) is 6.22. The molecule has 0 bridgehead atoms. The average Bonchev–Trinajstić information content (AvgIpc) is 2.56. The minimum Gasteiger partial charge on any atom is -0.413 e. The highest BCUT2D eigenvalue weighted by atomic mass is 28.4. The van der Waals surface area contributed by atoms with Crippen molar-refractivity contribution in [2.24, 2.45) is 5.73 Å². The van der Waals surface area contributed by atoms with E-state index in [1.165, 1.54) is 4.90 Å². The molecule has 0 aliphatic heterocycles. The Balaban J connectivity index is 2.69. The zero-order chi connectivity index (χ0) is 19.1. The van der Waals surface area contributed by atoms with E-state index in [9.17, 15) is 9.90 Å². The summed E-state index contributed by atoms with van der Waals surface area (Å²) in [5.74, 6) is 0. The quantitative estimate of drug-likeness (QED) is 0.285. The Bertz CT molecular complexity index is 521. The van der Waals surface area contributed by atoms with Crippen LogP contribution in [-0.4, -0.2) is 50.2 Å². The molecule has 25 heavy (non-hydrogen) atoms. The van der Waals surface area contributed by atoms with Crippen LogP contribution in [0.5, 0.6) is 0 Å². The van der Waals surface area contributed by atoms with Crippen molar-refractivity contribution in [1.29, 1.82) is 0 Å². The number of nitrogens with zero attached hydrogens (tertiary/aromatic N) is 1. The third-order valence-electron chi connectivity index (χ3n) is 5.14. The topological polar surface area (TPSA) is 75.8 Å². The van der Waals surface area contributed by atoms with Crippen LogP contribution in [0, 0.1) is 0 Å². The summed E-state index contributed by atoms with van der Waals surface area (Å²) in [7, 11) is -1.82. The highest BCUT2D eigenvalue weighted by Gasteiger charge is 2.36. The predicted molar refractivity (Wildman–Crippen MR) is 105 cm³/mol. The first-order valence-electron chi connectivity index (χ1n) is 8.91. The van der Waals surface area contributed by atoms with Gasteiger partial charge in [-0.3, -0.25) is 4.79 Å². The van der Waals surface area contributed by atoms with Crippen molar-refractivity contribution in [2.75, 3.05) is 13.2 Å². The third-order valence-corrected chi connectivity index (χ3v) is 9.64. The Hall–Kier alpha value is -1.21. The fourth-order valence-corrected chi connectivity index (χ4v) is 3.38. The minimum absolute atomic E-state index is 0.139. The van der Waals surface area contributed by atoms with Crippen LogP contribution in [0.4, 0.5) is 0 Å². The van der Waals surface area contributed by atoms with E-state index >= 15 is 0 Å². The van der Waals surface area contributed by atoms with Gasteiger partial charge in [0.2, 0.25) is 6.41 Å². The first-order valence-corrected chi connectivity index (χ1v) is 11.8. The lowest BCUT2D eigenvalue weighted by Gasteiger charge is -2.36. The summed E-state index contributed by atoms with van der Waals surface area (Å²) in [4.78, 5) is 12.9. The number of nitrogens with two attached hydrogens (primary N) is 1. The molecule has 1 amide bonds. The van der Waals surface area contributed by atoms with Crippen LogP contribution in [-0.2, 0) is 9.22 Å². The predicted octanol–water partition coefficient (Wildman–Crippen LogP) is 2.94. The van der Waals surface area contributed by atoms with Gasteiger partial charge in [-0.05, 0) is 42.6 Å². The molecular formula is C19H34N2O3Si. The molecule has 0 aromatic rings. The normalized spacial score (nSPS) is 18.1. The number of amides is 1. The SMILES string of the molecule is CC(C)(C)[Si](C)(C)OC/C=C/C(O)N(C=O)C(CN)C1=CC=CCC1. The van der Waals surface area contributed by atoms with Gasteiger partial charge in [-0.15, -0.1) is 0 Å². The van der Waals surface area contributed by atoms with Gasteiger partial charge in [-0.25, -0.2) is 0 Å². The van der Waals surface area contributed by atoms with Crippen LogP contribution in [0.15, 0.2) is 36.0 Å². The molecule has 142 valence electrons. The lowest BCUT2D eigenvalue weighted by atomic mass is 9.96. The second-order valence-corrected chi connectivity index (χ2v) is 12.7. The van der Waals surface area contributed by atoms with Crippen LogP contribution in [0.2, 0.25) is 18.1 Å². The summed E-state index contributed by atoms with van der Waals surface area (Å²) in [6.07, 6.45) is 10.9. The van der Waals surface area contributed by atoms with Gasteiger partial charge in [0.15, 0.2) is 8.32 Å². The van der Waals surface area contributed by atoms with Crippen molar-refractivity contribution in [3.05, 3.63) is 36.0 Å². The highest BCUT2D eigenvalue weighted by molar-refractivity contribution is 6.74. The average molecular weight is 367 g/mol. The summed E-state index contributed by atoms with van der Waals surface area (Å²) >= 11 is 0.